The summed E-state index contributed by atoms with van der Waals surface area (Å²) in [5, 5.41) is 10.0. The molecule has 30 heavy (non-hydrogen) atoms. The van der Waals surface area contributed by atoms with Crippen LogP contribution in [0.3, 0.4) is 0 Å². The normalized spacial score (nSPS) is 22.3. The number of hydrogen-bond acceptors (Lipinski definition) is 4. The second-order valence-electron chi connectivity index (χ2n) is 8.06. The van der Waals surface area contributed by atoms with E-state index < -0.39 is 21.2 Å². The molecule has 3 aromatic carbocycles. The Kier molecular flexibility index (Phi) is 6.04. The molecule has 4 rings (SSSR count). The number of aliphatic hydroxyl groups excluding tert-OH is 1. The predicted molar refractivity (Wildman–Crippen MR) is 119 cm³/mol. The molecular formula is C25H27NO3S. The number of nitrogens with zero attached hydrogens (tertiary/aromatic N) is 1. The van der Waals surface area contributed by atoms with Crippen LogP contribution >= 0.6 is 0 Å². The monoisotopic (exact) mass is 421 g/mol. The van der Waals surface area contributed by atoms with Crippen LogP contribution < -0.4 is 0 Å². The van der Waals surface area contributed by atoms with Crippen LogP contribution in [0.25, 0.3) is 0 Å². The van der Waals surface area contributed by atoms with Crippen molar-refractivity contribution in [2.24, 2.45) is 0 Å². The van der Waals surface area contributed by atoms with E-state index in [-0.39, 0.29) is 10.9 Å². The number of β-amino-alcohol motifs (C(OH)–C–C–N with tert-alkyl or cyclic N) is 1. The number of hydrogen-bond donors (Lipinski definition) is 1. The third kappa shape index (κ3) is 4.33. The molecule has 1 saturated heterocycles. The average molecular weight is 422 g/mol. The molecule has 1 fully saturated rings. The zero-order valence-corrected chi connectivity index (χ0v) is 17.9. The van der Waals surface area contributed by atoms with E-state index in [0.29, 0.717) is 19.5 Å². The molecule has 1 heterocycles. The van der Waals surface area contributed by atoms with Crippen LogP contribution in [0, 0.1) is 6.92 Å². The molecular weight excluding hydrogens is 394 g/mol. The zero-order chi connectivity index (χ0) is 21.1. The predicted octanol–water partition coefficient (Wildman–Crippen LogP) is 3.63. The van der Waals surface area contributed by atoms with Gasteiger partial charge in [-0.15, -0.1) is 0 Å². The van der Waals surface area contributed by atoms with Gasteiger partial charge in [0.15, 0.2) is 9.84 Å². The van der Waals surface area contributed by atoms with Crippen LogP contribution in [-0.4, -0.2) is 42.4 Å². The summed E-state index contributed by atoms with van der Waals surface area (Å²) in [6, 6.07) is 26.5. The molecule has 0 amide bonds. The van der Waals surface area contributed by atoms with Gasteiger partial charge in [0.2, 0.25) is 0 Å². The zero-order valence-electron chi connectivity index (χ0n) is 17.1. The molecule has 1 aliphatic rings. The topological polar surface area (TPSA) is 57.6 Å². The lowest BCUT2D eigenvalue weighted by atomic mass is 10.0. The van der Waals surface area contributed by atoms with Crippen molar-refractivity contribution in [1.82, 2.24) is 4.90 Å². The molecule has 0 aromatic heterocycles. The molecule has 0 bridgehead atoms. The van der Waals surface area contributed by atoms with E-state index in [4.69, 9.17) is 0 Å². The van der Waals surface area contributed by atoms with Gasteiger partial charge in [0.1, 0.15) is 5.25 Å². The van der Waals surface area contributed by atoms with Crippen LogP contribution in [0.2, 0.25) is 0 Å². The Morgan fingerprint density at radius 2 is 1.43 bits per heavy atom. The number of aliphatic hydroxyl groups is 1. The Hall–Kier alpha value is -2.47. The van der Waals surface area contributed by atoms with Gasteiger partial charge in [0.25, 0.3) is 0 Å². The smallest absolute Gasteiger partial charge is 0.185 e. The number of sulfone groups is 1. The van der Waals surface area contributed by atoms with Crippen molar-refractivity contribution in [2.75, 3.05) is 6.54 Å². The molecule has 3 aromatic rings. The third-order valence-electron chi connectivity index (χ3n) is 5.87. The van der Waals surface area contributed by atoms with E-state index in [1.165, 1.54) is 0 Å². The fourth-order valence-electron chi connectivity index (χ4n) is 4.34. The van der Waals surface area contributed by atoms with Crippen molar-refractivity contribution in [1.29, 1.82) is 0 Å². The van der Waals surface area contributed by atoms with Crippen molar-refractivity contribution < 1.29 is 13.5 Å². The van der Waals surface area contributed by atoms with Gasteiger partial charge < -0.3 is 5.11 Å². The van der Waals surface area contributed by atoms with E-state index in [2.05, 4.69) is 4.90 Å². The average Bonchev–Trinajstić information content (AvgIpc) is 3.05. The quantitative estimate of drug-likeness (QED) is 0.660. The van der Waals surface area contributed by atoms with Gasteiger partial charge >= 0.3 is 0 Å². The summed E-state index contributed by atoms with van der Waals surface area (Å²) in [5.41, 5.74) is 3.18. The fourth-order valence-corrected chi connectivity index (χ4v) is 6.35. The largest absolute Gasteiger partial charge is 0.390 e. The summed E-state index contributed by atoms with van der Waals surface area (Å²) >= 11 is 0. The first-order valence-corrected chi connectivity index (χ1v) is 11.8. The Balaban J connectivity index is 1.70. The summed E-state index contributed by atoms with van der Waals surface area (Å²) in [7, 11) is -3.69. The highest BCUT2D eigenvalue weighted by Crippen LogP contribution is 2.33. The lowest BCUT2D eigenvalue weighted by molar-refractivity contribution is 0.173. The first-order valence-electron chi connectivity index (χ1n) is 10.3. The lowest BCUT2D eigenvalue weighted by Gasteiger charge is -2.28. The van der Waals surface area contributed by atoms with E-state index >= 15 is 0 Å². The second-order valence-corrected chi connectivity index (χ2v) is 10.2. The minimum Gasteiger partial charge on any atom is -0.390 e. The van der Waals surface area contributed by atoms with Gasteiger partial charge in [-0.3, -0.25) is 4.90 Å². The Labute approximate surface area is 178 Å². The highest BCUT2D eigenvalue weighted by Gasteiger charge is 2.48. The van der Waals surface area contributed by atoms with E-state index in [0.717, 1.165) is 16.7 Å². The molecule has 0 aliphatic carbocycles. The van der Waals surface area contributed by atoms with Gasteiger partial charge in [-0.05, 0) is 36.6 Å². The van der Waals surface area contributed by atoms with Crippen molar-refractivity contribution in [3.8, 4) is 0 Å². The molecule has 3 atom stereocenters. The molecule has 4 nitrogen and oxygen atoms in total. The molecule has 0 radical (unpaired) electrons. The maximum Gasteiger partial charge on any atom is 0.185 e. The highest BCUT2D eigenvalue weighted by atomic mass is 32.2. The number of benzene rings is 3. The van der Waals surface area contributed by atoms with Gasteiger partial charge in [-0.1, -0.05) is 78.4 Å². The molecule has 156 valence electrons. The third-order valence-corrected chi connectivity index (χ3v) is 8.15. The Bertz CT molecular complexity index is 1070. The van der Waals surface area contributed by atoms with E-state index in [9.17, 15) is 13.5 Å². The van der Waals surface area contributed by atoms with Gasteiger partial charge in [-0.2, -0.15) is 0 Å². The van der Waals surface area contributed by atoms with Crippen molar-refractivity contribution >= 4 is 9.84 Å². The van der Waals surface area contributed by atoms with Gasteiger partial charge in [-0.25, -0.2) is 8.42 Å². The van der Waals surface area contributed by atoms with Crippen LogP contribution in [0.15, 0.2) is 89.8 Å². The van der Waals surface area contributed by atoms with Crippen LogP contribution in [-0.2, 0) is 22.8 Å². The Morgan fingerprint density at radius 3 is 2.03 bits per heavy atom. The molecule has 1 unspecified atom stereocenters. The maximum absolute atomic E-state index is 13.6. The molecule has 0 saturated carbocycles. The highest BCUT2D eigenvalue weighted by molar-refractivity contribution is 7.92. The standard InChI is InChI=1S/C25H27NO3S/c1-19-12-14-22(15-13-19)30(28,29)25-23(16-20-8-4-2-5-9-20)26(18-24(25)27)17-21-10-6-3-7-11-21/h2-15,23-25,27H,16-18H2,1H3/t23?,24-,25-/m0/s1. The van der Waals surface area contributed by atoms with Gasteiger partial charge in [0, 0.05) is 19.1 Å². The molecule has 5 heteroatoms. The van der Waals surface area contributed by atoms with Crippen molar-refractivity contribution in [3.05, 3.63) is 102 Å². The minimum atomic E-state index is -3.69. The summed E-state index contributed by atoms with van der Waals surface area (Å²) in [5.74, 6) is 0. The number of rotatable bonds is 6. The summed E-state index contributed by atoms with van der Waals surface area (Å²) in [4.78, 5) is 2.39. The maximum atomic E-state index is 13.6. The van der Waals surface area contributed by atoms with Crippen LogP contribution in [0.1, 0.15) is 16.7 Å². The van der Waals surface area contributed by atoms with E-state index in [1.807, 2.05) is 79.7 Å². The molecule has 0 spiro atoms. The number of likely N-dealkylation sites (tertiary alicyclic amines) is 1. The van der Waals surface area contributed by atoms with Crippen LogP contribution in [0.4, 0.5) is 0 Å². The summed E-state index contributed by atoms with van der Waals surface area (Å²) < 4.78 is 27.1. The molecule has 1 aliphatic heterocycles. The summed E-state index contributed by atoms with van der Waals surface area (Å²) in [6.45, 7) is 2.87. The van der Waals surface area contributed by atoms with Gasteiger partial charge in [0.05, 0.1) is 11.0 Å². The molecule has 1 N–H and O–H groups in total. The van der Waals surface area contributed by atoms with Crippen molar-refractivity contribution in [2.45, 2.75) is 42.2 Å². The first-order chi connectivity index (χ1) is 14.4. The number of aryl methyl sites for hydroxylation is 1. The fraction of sp³-hybridized carbons (Fsp3) is 0.280. The van der Waals surface area contributed by atoms with Crippen LogP contribution in [0.5, 0.6) is 0 Å². The SMILES string of the molecule is Cc1ccc(S(=O)(=O)[C@H]2C(Cc3ccccc3)N(Cc3ccccc3)C[C@@H]2O)cc1. The lowest BCUT2D eigenvalue weighted by Crippen LogP contribution is -2.42. The summed E-state index contributed by atoms with van der Waals surface area (Å²) in [6.07, 6.45) is -0.366. The first kappa shape index (κ1) is 20.8. The minimum absolute atomic E-state index is 0.275. The van der Waals surface area contributed by atoms with E-state index in [1.54, 1.807) is 12.1 Å². The van der Waals surface area contributed by atoms with Crippen molar-refractivity contribution in [3.63, 3.8) is 0 Å². The second kappa shape index (κ2) is 8.72. The Morgan fingerprint density at radius 1 is 0.867 bits per heavy atom.